The molecule has 0 amide bonds. The molecule has 0 aliphatic carbocycles. The molecule has 7 N–H and O–H groups in total. The van der Waals surface area contributed by atoms with Gasteiger partial charge in [0, 0.05) is 11.3 Å². The lowest BCUT2D eigenvalue weighted by Gasteiger charge is -2.20. The summed E-state index contributed by atoms with van der Waals surface area (Å²) in [4.78, 5) is 59.7. The smallest absolute Gasteiger partial charge is 0.382 e. The van der Waals surface area contributed by atoms with Crippen molar-refractivity contribution in [1.82, 2.24) is 19.5 Å². The molecule has 1 saturated heterocycles. The lowest BCUT2D eigenvalue weighted by atomic mass is 10.1. The molecule has 0 aromatic carbocycles. The molecular weight excluding hydrogens is 580 g/mol. The number of azide groups is 1. The molecule has 22 nitrogen and oxygen atoms in total. The first-order chi connectivity index (χ1) is 16.5. The molecule has 0 radical (unpaired) electrons. The van der Waals surface area contributed by atoms with Crippen LogP contribution in [0, 0.1) is 0 Å². The zero-order chi connectivity index (χ0) is 26.9. The summed E-state index contributed by atoms with van der Waals surface area (Å²) >= 11 is 0. The normalized spacial score (nSPS) is 25.5. The summed E-state index contributed by atoms with van der Waals surface area (Å²) in [5.41, 5.74) is 15.0. The van der Waals surface area contributed by atoms with E-state index in [1.165, 1.54) is 17.2 Å². The Kier molecular flexibility index (Phi) is 8.39. The molecule has 0 saturated carbocycles. The Bertz CT molecular complexity index is 1370. The van der Waals surface area contributed by atoms with Gasteiger partial charge in [0.25, 0.3) is 0 Å². The van der Waals surface area contributed by atoms with Gasteiger partial charge in [0.1, 0.15) is 18.1 Å². The Morgan fingerprint density at radius 1 is 1.08 bits per heavy atom. The molecule has 3 heterocycles. The molecule has 0 bridgehead atoms. The number of nitrogen functional groups attached to an aromatic ring is 1. The van der Waals surface area contributed by atoms with Gasteiger partial charge in [-0.2, -0.15) is 12.9 Å². The standard InChI is InChI=1S/C10H16N8O14P4/c11-9-8-10(14-3-13-9)18(4-15-8)7-1-5(16-17-12)6(29-7)2-28-34(22,23)31-36(26,27)32-35(24,25)30-33(19,20)21/h3-7H,1-2H2,(H,22,23)(H,24,25)(H,26,27)(H2,11,13,14)(H2,19,20,21)/t5?,6-,7-/m1/s1. The third-order valence-corrected chi connectivity index (χ3v) is 9.58. The van der Waals surface area contributed by atoms with Crippen LogP contribution < -0.4 is 5.73 Å². The number of hydrogen-bond acceptors (Lipinski definition) is 14. The molecule has 2 aromatic rings. The molecule has 6 atom stereocenters. The molecule has 36 heavy (non-hydrogen) atoms. The van der Waals surface area contributed by atoms with E-state index >= 15 is 0 Å². The van der Waals surface area contributed by atoms with Crippen molar-refractivity contribution >= 4 is 48.3 Å². The Hall–Kier alpha value is -1.82. The topological polar surface area (TPSA) is 334 Å². The SMILES string of the molecule is [N-]=[N+]=NC1C[C@H](n2cnc3c(N)ncnc32)O[C@@H]1COP(=O)(O)OP(=O)(O)OP(=O)(O)OP(=O)(O)O. The number of hydrogen-bond donors (Lipinski definition) is 6. The maximum Gasteiger partial charge on any atom is 0.490 e. The Morgan fingerprint density at radius 2 is 1.72 bits per heavy atom. The highest BCUT2D eigenvalue weighted by Gasteiger charge is 2.46. The second-order valence-electron chi connectivity index (χ2n) is 6.66. The van der Waals surface area contributed by atoms with Crippen molar-refractivity contribution in [3.05, 3.63) is 23.1 Å². The molecule has 2 aromatic heterocycles. The van der Waals surface area contributed by atoms with Crippen LogP contribution in [0.1, 0.15) is 12.6 Å². The van der Waals surface area contributed by atoms with Gasteiger partial charge in [-0.3, -0.25) is 9.09 Å². The number of ether oxygens (including phenoxy) is 1. The van der Waals surface area contributed by atoms with E-state index in [0.29, 0.717) is 0 Å². The molecule has 0 spiro atoms. The van der Waals surface area contributed by atoms with Gasteiger partial charge in [-0.15, -0.1) is 0 Å². The van der Waals surface area contributed by atoms with Crippen molar-refractivity contribution in [3.63, 3.8) is 0 Å². The van der Waals surface area contributed by atoms with Gasteiger partial charge >= 0.3 is 31.3 Å². The number of imidazole rings is 1. The van der Waals surface area contributed by atoms with Crippen LogP contribution >= 0.6 is 31.3 Å². The zero-order valence-corrected chi connectivity index (χ0v) is 20.8. The first-order valence-corrected chi connectivity index (χ1v) is 15.0. The fourth-order valence-corrected chi connectivity index (χ4v) is 7.38. The van der Waals surface area contributed by atoms with E-state index in [0.717, 1.165) is 0 Å². The summed E-state index contributed by atoms with van der Waals surface area (Å²) in [7, 11) is -23.2. The lowest BCUT2D eigenvalue weighted by Crippen LogP contribution is -2.24. The molecule has 3 rings (SSSR count). The minimum absolute atomic E-state index is 0.000938. The third-order valence-electron chi connectivity index (χ3n) is 4.13. The minimum Gasteiger partial charge on any atom is -0.382 e. The van der Waals surface area contributed by atoms with Gasteiger partial charge in [-0.1, -0.05) is 5.11 Å². The number of fused-ring (bicyclic) bond motifs is 1. The number of rotatable bonds is 11. The maximum atomic E-state index is 12.1. The molecule has 1 aliphatic heterocycles. The van der Waals surface area contributed by atoms with Crippen LogP contribution in [0.2, 0.25) is 0 Å². The van der Waals surface area contributed by atoms with Crippen LogP contribution in [-0.2, 0) is 40.5 Å². The van der Waals surface area contributed by atoms with Gasteiger partial charge in [0.2, 0.25) is 0 Å². The molecule has 1 fully saturated rings. The van der Waals surface area contributed by atoms with Gasteiger partial charge in [0.05, 0.1) is 25.1 Å². The van der Waals surface area contributed by atoms with Crippen molar-refractivity contribution in [2.75, 3.05) is 12.3 Å². The van der Waals surface area contributed by atoms with Crippen molar-refractivity contribution < 1.29 is 64.9 Å². The van der Waals surface area contributed by atoms with Crippen LogP contribution in [0.4, 0.5) is 5.82 Å². The predicted molar refractivity (Wildman–Crippen MR) is 112 cm³/mol. The quantitative estimate of drug-likeness (QED) is 0.0905. The average Bonchev–Trinajstić information content (AvgIpc) is 3.27. The van der Waals surface area contributed by atoms with Crippen molar-refractivity contribution in [2.24, 2.45) is 5.11 Å². The average molecular weight is 596 g/mol. The van der Waals surface area contributed by atoms with Crippen LogP contribution in [0.25, 0.3) is 21.6 Å². The highest BCUT2D eigenvalue weighted by atomic mass is 31.3. The molecule has 26 heteroatoms. The van der Waals surface area contributed by atoms with Gasteiger partial charge in [-0.25, -0.2) is 33.2 Å². The van der Waals surface area contributed by atoms with Crippen LogP contribution in [0.5, 0.6) is 0 Å². The second-order valence-corrected chi connectivity index (χ2v) is 12.7. The summed E-state index contributed by atoms with van der Waals surface area (Å²) in [6, 6.07) is -0.997. The van der Waals surface area contributed by atoms with Crippen LogP contribution in [-0.4, -0.2) is 62.7 Å². The van der Waals surface area contributed by atoms with Crippen LogP contribution in [0.15, 0.2) is 17.8 Å². The summed E-state index contributed by atoms with van der Waals surface area (Å²) < 4.78 is 68.1. The fraction of sp³-hybridized carbons (Fsp3) is 0.500. The third kappa shape index (κ3) is 7.60. The first kappa shape index (κ1) is 28.7. The van der Waals surface area contributed by atoms with Crippen molar-refractivity contribution in [2.45, 2.75) is 24.8 Å². The molecule has 4 unspecified atom stereocenters. The number of phosphoric ester groups is 1. The summed E-state index contributed by atoms with van der Waals surface area (Å²) in [6.07, 6.45) is 0.362. The van der Waals surface area contributed by atoms with E-state index < -0.39 is 56.3 Å². The second kappa shape index (κ2) is 10.5. The van der Waals surface area contributed by atoms with Crippen LogP contribution in [0.3, 0.4) is 0 Å². The number of phosphoric acid groups is 4. The van der Waals surface area contributed by atoms with E-state index in [1.54, 1.807) is 0 Å². The minimum atomic E-state index is -5.98. The van der Waals surface area contributed by atoms with E-state index in [4.69, 9.17) is 30.7 Å². The lowest BCUT2D eigenvalue weighted by molar-refractivity contribution is -0.0230. The summed E-state index contributed by atoms with van der Waals surface area (Å²) in [6.45, 7) is -0.881. The predicted octanol–water partition coefficient (Wildman–Crippen LogP) is 0.835. The van der Waals surface area contributed by atoms with Gasteiger partial charge < -0.3 is 34.9 Å². The highest BCUT2D eigenvalue weighted by Crippen LogP contribution is 2.70. The summed E-state index contributed by atoms with van der Waals surface area (Å²) in [5.74, 6) is 0.0795. The number of anilines is 1. The fourth-order valence-electron chi connectivity index (χ4n) is 2.92. The highest BCUT2D eigenvalue weighted by molar-refractivity contribution is 7.69. The number of aromatic nitrogens is 4. The molecule has 200 valence electrons. The molecule has 1 aliphatic rings. The van der Waals surface area contributed by atoms with Crippen molar-refractivity contribution in [3.8, 4) is 0 Å². The van der Waals surface area contributed by atoms with E-state index in [-0.39, 0.29) is 23.4 Å². The summed E-state index contributed by atoms with van der Waals surface area (Å²) in [5, 5.41) is 3.50. The largest absolute Gasteiger partial charge is 0.490 e. The zero-order valence-electron chi connectivity index (χ0n) is 17.2. The Morgan fingerprint density at radius 3 is 2.36 bits per heavy atom. The first-order valence-electron chi connectivity index (χ1n) is 8.96. The van der Waals surface area contributed by atoms with Gasteiger partial charge in [0.15, 0.2) is 11.5 Å². The van der Waals surface area contributed by atoms with E-state index in [1.807, 2.05) is 0 Å². The van der Waals surface area contributed by atoms with Crippen molar-refractivity contribution in [1.29, 1.82) is 0 Å². The maximum absolute atomic E-state index is 12.1. The van der Waals surface area contributed by atoms with E-state index in [9.17, 15) is 28.0 Å². The Labute approximate surface area is 198 Å². The van der Waals surface area contributed by atoms with E-state index in [2.05, 4.69) is 42.4 Å². The molecular formula is C10H16N8O14P4. The Balaban J connectivity index is 1.68. The number of nitrogens with two attached hydrogens (primary N) is 1. The monoisotopic (exact) mass is 596 g/mol. The number of nitrogens with zero attached hydrogens (tertiary/aromatic N) is 7. The van der Waals surface area contributed by atoms with Gasteiger partial charge in [-0.05, 0) is 5.53 Å².